The van der Waals surface area contributed by atoms with Gasteiger partial charge in [0.25, 0.3) is 0 Å². The average molecular weight is 536 g/mol. The van der Waals surface area contributed by atoms with Crippen molar-refractivity contribution in [2.45, 2.75) is 96.9 Å². The molecule has 5 saturated carbocycles. The summed E-state index contributed by atoms with van der Waals surface area (Å²) >= 11 is 0. The van der Waals surface area contributed by atoms with E-state index in [4.69, 9.17) is 4.74 Å². The molecule has 0 heterocycles. The summed E-state index contributed by atoms with van der Waals surface area (Å²) in [6.45, 7) is 9.51. The number of aliphatic hydroxyl groups excluding tert-OH is 2. The molecule has 214 valence electrons. The zero-order valence-corrected chi connectivity index (χ0v) is 24.5. The van der Waals surface area contributed by atoms with Gasteiger partial charge < -0.3 is 25.4 Å². The molecular weight excluding hydrogens is 486 g/mol. The largest absolute Gasteiger partial charge is 0.512 e. The van der Waals surface area contributed by atoms with Gasteiger partial charge in [0, 0.05) is 24.8 Å². The highest BCUT2D eigenvalue weighted by atomic mass is 16.5. The van der Waals surface area contributed by atoms with Crippen LogP contribution in [0.5, 0.6) is 0 Å². The Hall–Kier alpha value is -1.56. The van der Waals surface area contributed by atoms with E-state index in [2.05, 4.69) is 44.3 Å². The first-order valence-electron chi connectivity index (χ1n) is 15.7. The Morgan fingerprint density at radius 1 is 1.15 bits per heavy atom. The lowest BCUT2D eigenvalue weighted by Crippen LogP contribution is -2.60. The van der Waals surface area contributed by atoms with Gasteiger partial charge in [-0.2, -0.15) is 0 Å². The predicted octanol–water partition coefficient (Wildman–Crippen LogP) is 5.89. The molecule has 12 atom stereocenters. The van der Waals surface area contributed by atoms with Crippen molar-refractivity contribution < 1.29 is 20.1 Å². The number of hydrogen-bond donors (Lipinski definition) is 4. The number of nitrogens with one attached hydrogen (secondary N) is 1. The molecule has 4 N–H and O–H groups in total. The fraction of sp³-hybridized carbons (Fsp3) is 0.765. The van der Waals surface area contributed by atoms with Crippen molar-refractivity contribution in [1.29, 1.82) is 0 Å². The van der Waals surface area contributed by atoms with Gasteiger partial charge in [0.05, 0.1) is 17.8 Å². The first-order chi connectivity index (χ1) is 18.5. The number of methoxy groups -OCH3 is 1. The van der Waals surface area contributed by atoms with Crippen LogP contribution in [-0.2, 0) is 17.6 Å². The molecule has 1 spiro atoms. The topological polar surface area (TPSA) is 82.0 Å². The van der Waals surface area contributed by atoms with Crippen molar-refractivity contribution in [2.24, 2.45) is 51.8 Å². The molecule has 5 nitrogen and oxygen atoms in total. The van der Waals surface area contributed by atoms with E-state index < -0.39 is 11.7 Å². The normalized spacial score (nSPS) is 49.5. The van der Waals surface area contributed by atoms with Crippen LogP contribution < -0.4 is 5.32 Å². The van der Waals surface area contributed by atoms with Crippen LogP contribution >= 0.6 is 0 Å². The Labute approximate surface area is 234 Å². The van der Waals surface area contributed by atoms with Gasteiger partial charge in [-0.05, 0) is 122 Å². The summed E-state index contributed by atoms with van der Waals surface area (Å²) in [4.78, 5) is 0. The quantitative estimate of drug-likeness (QED) is 0.350. The zero-order valence-electron chi connectivity index (χ0n) is 24.5. The fourth-order valence-electron chi connectivity index (χ4n) is 12.5. The van der Waals surface area contributed by atoms with Crippen molar-refractivity contribution in [1.82, 2.24) is 0 Å². The van der Waals surface area contributed by atoms with Crippen molar-refractivity contribution in [3.8, 4) is 0 Å². The van der Waals surface area contributed by atoms with Crippen molar-refractivity contribution in [2.75, 3.05) is 19.0 Å². The first kappa shape index (κ1) is 26.3. The number of fused-ring (bicyclic) bond motifs is 4. The van der Waals surface area contributed by atoms with Crippen molar-refractivity contribution in [3.05, 3.63) is 41.2 Å². The number of aryl methyl sites for hydroxylation is 1. The van der Waals surface area contributed by atoms with Gasteiger partial charge >= 0.3 is 0 Å². The SMILES string of the molecule is CCc1ccc(CC2CC3CCC4CC3(C2)C2(C)C3C4CC2(C)C2(O)C(OC)C=C(O)C32)cc1NCC(C)O. The van der Waals surface area contributed by atoms with Crippen LogP contribution in [-0.4, -0.2) is 46.8 Å². The van der Waals surface area contributed by atoms with E-state index in [1.165, 1.54) is 48.9 Å². The van der Waals surface area contributed by atoms with E-state index in [-0.39, 0.29) is 28.3 Å². The third kappa shape index (κ3) is 3.03. The van der Waals surface area contributed by atoms with E-state index in [1.54, 1.807) is 7.11 Å². The number of anilines is 1. The van der Waals surface area contributed by atoms with Crippen LogP contribution in [0.15, 0.2) is 30.0 Å². The maximum atomic E-state index is 12.6. The van der Waals surface area contributed by atoms with E-state index in [9.17, 15) is 15.3 Å². The van der Waals surface area contributed by atoms with E-state index in [1.807, 2.05) is 13.0 Å². The molecule has 0 aliphatic heterocycles. The number of benzene rings is 1. The number of hydrogen-bond acceptors (Lipinski definition) is 5. The Kier molecular flexibility index (Phi) is 5.73. The van der Waals surface area contributed by atoms with Gasteiger partial charge in [-0.1, -0.05) is 32.9 Å². The Bertz CT molecular complexity index is 1200. The lowest BCUT2D eigenvalue weighted by atomic mass is 9.42. The van der Waals surface area contributed by atoms with Crippen LogP contribution in [0.3, 0.4) is 0 Å². The van der Waals surface area contributed by atoms with Gasteiger partial charge in [0.15, 0.2) is 0 Å². The van der Waals surface area contributed by atoms with Crippen molar-refractivity contribution >= 4 is 5.69 Å². The highest BCUT2D eigenvalue weighted by Crippen LogP contribution is 2.89. The fourth-order valence-corrected chi connectivity index (χ4v) is 12.5. The Morgan fingerprint density at radius 3 is 2.67 bits per heavy atom. The molecule has 6 aliphatic rings. The minimum Gasteiger partial charge on any atom is -0.512 e. The van der Waals surface area contributed by atoms with Gasteiger partial charge in [0.1, 0.15) is 11.7 Å². The summed E-state index contributed by atoms with van der Waals surface area (Å²) in [6, 6.07) is 6.94. The minimum absolute atomic E-state index is 0.00448. The predicted molar refractivity (Wildman–Crippen MR) is 153 cm³/mol. The highest BCUT2D eigenvalue weighted by Gasteiger charge is 2.88. The summed E-state index contributed by atoms with van der Waals surface area (Å²) in [7, 11) is 1.69. The smallest absolute Gasteiger partial charge is 0.110 e. The molecule has 5 fully saturated rings. The lowest BCUT2D eigenvalue weighted by Gasteiger charge is -2.62. The third-order valence-electron chi connectivity index (χ3n) is 13.8. The monoisotopic (exact) mass is 535 g/mol. The molecular formula is C34H49NO4. The summed E-state index contributed by atoms with van der Waals surface area (Å²) in [5.74, 6) is 3.21. The van der Waals surface area contributed by atoms with Crippen LogP contribution in [0.2, 0.25) is 0 Å². The number of rotatable bonds is 7. The number of aliphatic hydroxyl groups is 3. The van der Waals surface area contributed by atoms with Gasteiger partial charge in [-0.25, -0.2) is 0 Å². The molecule has 1 aromatic carbocycles. The Morgan fingerprint density at radius 2 is 1.95 bits per heavy atom. The van der Waals surface area contributed by atoms with Crippen molar-refractivity contribution in [3.63, 3.8) is 0 Å². The van der Waals surface area contributed by atoms with Gasteiger partial charge in [-0.3, -0.25) is 0 Å². The number of ether oxygens (including phenoxy) is 1. The second-order valence-corrected chi connectivity index (χ2v) is 15.0. The molecule has 0 aromatic heterocycles. The van der Waals surface area contributed by atoms with Crippen LogP contribution in [0.4, 0.5) is 5.69 Å². The first-order valence-corrected chi connectivity index (χ1v) is 15.7. The molecule has 0 amide bonds. The molecule has 6 aliphatic carbocycles. The molecule has 6 bridgehead atoms. The molecule has 0 saturated heterocycles. The summed E-state index contributed by atoms with van der Waals surface area (Å²) in [5.41, 5.74) is 2.81. The standard InChI is InChI=1S/C34H49NO4/c1-6-22-8-7-20(13-26(22)35-18-19(2)36)11-21-12-24-10-9-23-16-33(24,15-21)32(4)29-25(23)17-31(32,3)34(38)28(39-5)14-27(37)30(29)34/h7-8,13-14,19,21,23-25,28-30,35-38H,6,9-12,15-18H2,1-5H3. The molecule has 7 rings (SSSR count). The second kappa shape index (κ2) is 8.49. The minimum atomic E-state index is -1.02. The highest BCUT2D eigenvalue weighted by molar-refractivity contribution is 5.53. The van der Waals surface area contributed by atoms with E-state index in [0.29, 0.717) is 36.0 Å². The van der Waals surface area contributed by atoms with Gasteiger partial charge in [0.2, 0.25) is 0 Å². The zero-order chi connectivity index (χ0) is 27.5. The molecule has 39 heavy (non-hydrogen) atoms. The third-order valence-corrected chi connectivity index (χ3v) is 13.8. The molecule has 5 heteroatoms. The summed E-state index contributed by atoms with van der Waals surface area (Å²) in [5, 5.41) is 37.2. The molecule has 12 unspecified atom stereocenters. The molecule has 0 radical (unpaired) electrons. The van der Waals surface area contributed by atoms with Crippen LogP contribution in [0.25, 0.3) is 0 Å². The second-order valence-electron chi connectivity index (χ2n) is 15.0. The van der Waals surface area contributed by atoms with Crippen LogP contribution in [0, 0.1) is 51.8 Å². The lowest BCUT2D eigenvalue weighted by molar-refractivity contribution is -0.187. The summed E-state index contributed by atoms with van der Waals surface area (Å²) < 4.78 is 5.89. The van der Waals surface area contributed by atoms with E-state index in [0.717, 1.165) is 25.2 Å². The van der Waals surface area contributed by atoms with Crippen LogP contribution in [0.1, 0.15) is 77.3 Å². The Balaban J connectivity index is 1.23. The summed E-state index contributed by atoms with van der Waals surface area (Å²) in [6.07, 6.45) is 10.6. The van der Waals surface area contributed by atoms with Gasteiger partial charge in [-0.15, -0.1) is 0 Å². The molecule has 1 aromatic rings. The maximum absolute atomic E-state index is 12.6. The maximum Gasteiger partial charge on any atom is 0.110 e. The average Bonchev–Trinajstić information content (AvgIpc) is 3.51. The van der Waals surface area contributed by atoms with E-state index >= 15 is 0 Å².